The number of hydrogen-bond donors (Lipinski definition) is 2. The van der Waals surface area contributed by atoms with Gasteiger partial charge < -0.3 is 20.9 Å². The van der Waals surface area contributed by atoms with E-state index in [0.717, 1.165) is 38.5 Å². The Hall–Kier alpha value is -3.02. The van der Waals surface area contributed by atoms with Gasteiger partial charge in [-0.15, -0.1) is 0 Å². The summed E-state index contributed by atoms with van der Waals surface area (Å²) in [6.45, 7) is 2.28. The van der Waals surface area contributed by atoms with Crippen molar-refractivity contribution in [2.75, 3.05) is 5.73 Å². The molecule has 6 nitrogen and oxygen atoms in total. The molecular weight excluding hydrogens is 404 g/mol. The lowest BCUT2D eigenvalue weighted by atomic mass is 9.55. The van der Waals surface area contributed by atoms with Crippen molar-refractivity contribution in [1.82, 2.24) is 0 Å². The van der Waals surface area contributed by atoms with Gasteiger partial charge in [-0.3, -0.25) is 0 Å². The Kier molecular flexibility index (Phi) is 5.11. The molecule has 3 aliphatic carbocycles. The lowest BCUT2D eigenvalue weighted by Gasteiger charge is -2.50. The summed E-state index contributed by atoms with van der Waals surface area (Å²) < 4.78 is 11.2. The zero-order chi connectivity index (χ0) is 22.5. The summed E-state index contributed by atoms with van der Waals surface area (Å²) in [5.41, 5.74) is 14.7. The van der Waals surface area contributed by atoms with E-state index in [1.54, 1.807) is 24.3 Å². The number of para-hydroxylation sites is 1. The summed E-state index contributed by atoms with van der Waals surface area (Å²) in [5.74, 6) is 1.75. The largest absolute Gasteiger partial charge is 0.446 e. The third-order valence-electron chi connectivity index (χ3n) is 8.26. The van der Waals surface area contributed by atoms with Crippen LogP contribution in [-0.4, -0.2) is 18.2 Å². The highest BCUT2D eigenvalue weighted by molar-refractivity contribution is 5.96. The molecule has 0 heterocycles. The van der Waals surface area contributed by atoms with Crippen molar-refractivity contribution in [3.8, 4) is 5.75 Å². The number of fused-ring (bicyclic) bond motifs is 5. The van der Waals surface area contributed by atoms with E-state index >= 15 is 0 Å². The number of primary amides is 1. The maximum atomic E-state index is 12.6. The zero-order valence-electron chi connectivity index (χ0n) is 18.4. The molecule has 0 radical (unpaired) electrons. The Morgan fingerprint density at radius 1 is 1.06 bits per heavy atom. The Bertz CT molecular complexity index is 1070. The Morgan fingerprint density at radius 3 is 2.66 bits per heavy atom. The number of esters is 1. The van der Waals surface area contributed by atoms with Gasteiger partial charge in [0.15, 0.2) is 0 Å². The van der Waals surface area contributed by atoms with Crippen molar-refractivity contribution in [3.63, 3.8) is 0 Å². The molecule has 0 bridgehead atoms. The van der Waals surface area contributed by atoms with E-state index in [1.807, 2.05) is 12.1 Å². The van der Waals surface area contributed by atoms with Crippen molar-refractivity contribution in [3.05, 3.63) is 59.2 Å². The molecular formula is C26H30N2O4. The molecule has 0 aliphatic heterocycles. The van der Waals surface area contributed by atoms with E-state index in [4.69, 9.17) is 20.9 Å². The number of aryl methyl sites for hydroxylation is 1. The summed E-state index contributed by atoms with van der Waals surface area (Å²) in [6, 6.07) is 13.0. The van der Waals surface area contributed by atoms with E-state index in [9.17, 15) is 9.59 Å². The molecule has 0 unspecified atom stereocenters. The maximum Gasteiger partial charge on any atom is 0.404 e. The van der Waals surface area contributed by atoms with Crippen LogP contribution in [0.5, 0.6) is 5.75 Å². The quantitative estimate of drug-likeness (QED) is 0.410. The van der Waals surface area contributed by atoms with Gasteiger partial charge in [0.05, 0.1) is 5.56 Å². The Balaban J connectivity index is 1.34. The van der Waals surface area contributed by atoms with Crippen LogP contribution in [0.1, 0.15) is 66.4 Å². The molecule has 5 rings (SSSR count). The minimum absolute atomic E-state index is 0.0127. The van der Waals surface area contributed by atoms with Crippen LogP contribution in [0.3, 0.4) is 0 Å². The molecule has 6 heteroatoms. The minimum Gasteiger partial charge on any atom is -0.446 e. The van der Waals surface area contributed by atoms with Gasteiger partial charge in [0.1, 0.15) is 11.9 Å². The average molecular weight is 435 g/mol. The number of rotatable bonds is 3. The second-order valence-electron chi connectivity index (χ2n) is 9.80. The molecule has 168 valence electrons. The van der Waals surface area contributed by atoms with E-state index in [0.29, 0.717) is 34.8 Å². The maximum absolute atomic E-state index is 12.6. The predicted molar refractivity (Wildman–Crippen MR) is 121 cm³/mol. The molecule has 2 fully saturated rings. The number of nitrogens with two attached hydrogens (primary N) is 2. The topological polar surface area (TPSA) is 105 Å². The van der Waals surface area contributed by atoms with Gasteiger partial charge in [-0.1, -0.05) is 25.1 Å². The van der Waals surface area contributed by atoms with Crippen molar-refractivity contribution < 1.29 is 19.1 Å². The normalized spacial score (nSPS) is 30.5. The van der Waals surface area contributed by atoms with Gasteiger partial charge >= 0.3 is 12.1 Å². The highest BCUT2D eigenvalue weighted by Gasteiger charge is 2.56. The molecule has 2 saturated carbocycles. The van der Waals surface area contributed by atoms with E-state index in [1.165, 1.54) is 11.1 Å². The number of carbonyl (C=O) groups is 2. The summed E-state index contributed by atoms with van der Waals surface area (Å²) in [7, 11) is 0. The summed E-state index contributed by atoms with van der Waals surface area (Å²) in [6.07, 6.45) is 5.42. The lowest BCUT2D eigenvalue weighted by molar-refractivity contribution is -0.0291. The van der Waals surface area contributed by atoms with Crippen molar-refractivity contribution in [1.29, 1.82) is 0 Å². The van der Waals surface area contributed by atoms with Crippen molar-refractivity contribution >= 4 is 17.7 Å². The number of benzene rings is 2. The van der Waals surface area contributed by atoms with E-state index in [-0.39, 0.29) is 11.5 Å². The highest BCUT2D eigenvalue weighted by Crippen LogP contribution is 2.61. The van der Waals surface area contributed by atoms with Crippen LogP contribution in [0.4, 0.5) is 10.5 Å². The third kappa shape index (κ3) is 3.42. The average Bonchev–Trinajstić information content (AvgIpc) is 3.09. The Labute approximate surface area is 188 Å². The smallest absolute Gasteiger partial charge is 0.404 e. The van der Waals surface area contributed by atoms with Gasteiger partial charge in [0, 0.05) is 11.1 Å². The van der Waals surface area contributed by atoms with Gasteiger partial charge in [-0.2, -0.15) is 0 Å². The molecule has 2 aromatic rings. The Morgan fingerprint density at radius 2 is 1.88 bits per heavy atom. The second-order valence-corrected chi connectivity index (χ2v) is 9.80. The van der Waals surface area contributed by atoms with Crippen LogP contribution in [0, 0.1) is 17.3 Å². The first kappa shape index (κ1) is 20.9. The number of nitrogen functional groups attached to an aromatic ring is 1. The number of anilines is 1. The molecule has 0 spiro atoms. The van der Waals surface area contributed by atoms with Crippen molar-refractivity contribution in [2.45, 2.75) is 57.5 Å². The number of ether oxygens (including phenoxy) is 2. The van der Waals surface area contributed by atoms with E-state index in [2.05, 4.69) is 13.0 Å². The van der Waals surface area contributed by atoms with Crippen LogP contribution < -0.4 is 16.2 Å². The molecule has 2 aromatic carbocycles. The van der Waals surface area contributed by atoms with Crippen LogP contribution >= 0.6 is 0 Å². The van der Waals surface area contributed by atoms with Crippen LogP contribution in [0.15, 0.2) is 42.5 Å². The first-order valence-corrected chi connectivity index (χ1v) is 11.5. The number of carbonyl (C=O) groups excluding carboxylic acids is 2. The minimum atomic E-state index is -0.660. The lowest BCUT2D eigenvalue weighted by Crippen LogP contribution is -2.45. The van der Waals surface area contributed by atoms with Gasteiger partial charge in [-0.05, 0) is 91.7 Å². The first-order valence-electron chi connectivity index (χ1n) is 11.5. The molecule has 32 heavy (non-hydrogen) atoms. The summed E-state index contributed by atoms with van der Waals surface area (Å²) in [4.78, 5) is 23.9. The molecule has 5 atom stereocenters. The van der Waals surface area contributed by atoms with Crippen LogP contribution in [0.2, 0.25) is 0 Å². The first-order chi connectivity index (χ1) is 15.4. The molecule has 1 amide bonds. The molecule has 0 aromatic heterocycles. The third-order valence-corrected chi connectivity index (χ3v) is 8.26. The monoisotopic (exact) mass is 434 g/mol. The number of hydrogen-bond acceptors (Lipinski definition) is 5. The summed E-state index contributed by atoms with van der Waals surface area (Å²) in [5, 5.41) is 0. The molecule has 0 saturated heterocycles. The summed E-state index contributed by atoms with van der Waals surface area (Å²) >= 11 is 0. The fourth-order valence-corrected chi connectivity index (χ4v) is 6.75. The van der Waals surface area contributed by atoms with Gasteiger partial charge in [-0.25, -0.2) is 9.59 Å². The molecule has 4 N–H and O–H groups in total. The predicted octanol–water partition coefficient (Wildman–Crippen LogP) is 4.81. The SMILES string of the molecule is C[C@]12CC[C@@H]3c4ccc(OC(=O)c5ccccc5N)cc4CC[C@H]3[C@@H]1CC[C@@H]2OC(N)=O. The van der Waals surface area contributed by atoms with Crippen LogP contribution in [0.25, 0.3) is 0 Å². The zero-order valence-corrected chi connectivity index (χ0v) is 18.4. The van der Waals surface area contributed by atoms with Crippen molar-refractivity contribution in [2.24, 2.45) is 23.0 Å². The molecule has 3 aliphatic rings. The van der Waals surface area contributed by atoms with Gasteiger partial charge in [0.2, 0.25) is 0 Å². The fraction of sp³-hybridized carbons (Fsp3) is 0.462. The second kappa shape index (κ2) is 7.84. The number of amides is 1. The van der Waals surface area contributed by atoms with Crippen LogP contribution in [-0.2, 0) is 11.2 Å². The standard InChI is InChI=1S/C26H30N2O4/c1-26-13-12-18-17-9-7-16(31-24(29)20-4-2-3-5-22(20)27)14-15(17)6-8-19(18)21(26)10-11-23(26)32-25(28)30/h2-5,7,9,14,18-19,21,23H,6,8,10-13,27H2,1H3,(H2,28,30)/t18-,19-,21+,23+,26+/m1/s1. The van der Waals surface area contributed by atoms with Gasteiger partial charge in [0.25, 0.3) is 0 Å². The van der Waals surface area contributed by atoms with E-state index < -0.39 is 12.1 Å². The fourth-order valence-electron chi connectivity index (χ4n) is 6.75. The highest BCUT2D eigenvalue weighted by atomic mass is 16.6.